The lowest BCUT2D eigenvalue weighted by molar-refractivity contribution is -0.120. The molecule has 0 aliphatic rings. The SMILES string of the molecule is N#CCC(=O)N/N=C/c1ccc2c(ccn2Cc2cccc(F)c2)c1. The van der Waals surface area contributed by atoms with Gasteiger partial charge >= 0.3 is 0 Å². The van der Waals surface area contributed by atoms with Crippen LogP contribution in [0.15, 0.2) is 59.8 Å². The van der Waals surface area contributed by atoms with Gasteiger partial charge in [-0.3, -0.25) is 4.79 Å². The number of carbonyl (C=O) groups excluding carboxylic acids is 1. The molecule has 5 nitrogen and oxygen atoms in total. The van der Waals surface area contributed by atoms with E-state index >= 15 is 0 Å². The first-order valence-electron chi connectivity index (χ1n) is 7.68. The number of nitriles is 1. The first-order valence-corrected chi connectivity index (χ1v) is 7.68. The minimum atomic E-state index is -0.443. The van der Waals surface area contributed by atoms with Crippen LogP contribution in [0.5, 0.6) is 0 Å². The largest absolute Gasteiger partial charge is 0.343 e. The molecule has 124 valence electrons. The van der Waals surface area contributed by atoms with E-state index in [4.69, 9.17) is 5.26 Å². The van der Waals surface area contributed by atoms with Crippen molar-refractivity contribution >= 4 is 23.0 Å². The summed E-state index contributed by atoms with van der Waals surface area (Å²) in [5, 5.41) is 13.3. The van der Waals surface area contributed by atoms with Gasteiger partial charge in [-0.25, -0.2) is 9.82 Å². The zero-order valence-electron chi connectivity index (χ0n) is 13.3. The number of fused-ring (bicyclic) bond motifs is 1. The number of hydrogen-bond acceptors (Lipinski definition) is 3. The van der Waals surface area contributed by atoms with Crippen LogP contribution < -0.4 is 5.43 Å². The molecular weight excluding hydrogens is 319 g/mol. The summed E-state index contributed by atoms with van der Waals surface area (Å²) in [5.41, 5.74) is 5.03. The number of amides is 1. The maximum atomic E-state index is 13.3. The summed E-state index contributed by atoms with van der Waals surface area (Å²) in [6.07, 6.45) is 3.25. The quantitative estimate of drug-likeness (QED) is 0.575. The fourth-order valence-corrected chi connectivity index (χ4v) is 2.56. The van der Waals surface area contributed by atoms with Crippen LogP contribution in [0.25, 0.3) is 10.9 Å². The number of rotatable bonds is 5. The number of halogens is 1. The van der Waals surface area contributed by atoms with E-state index in [0.717, 1.165) is 22.0 Å². The third kappa shape index (κ3) is 4.09. The highest BCUT2D eigenvalue weighted by molar-refractivity contribution is 5.90. The Morgan fingerprint density at radius 3 is 2.96 bits per heavy atom. The van der Waals surface area contributed by atoms with Crippen LogP contribution >= 0.6 is 0 Å². The molecule has 0 saturated heterocycles. The van der Waals surface area contributed by atoms with E-state index in [9.17, 15) is 9.18 Å². The molecule has 6 heteroatoms. The van der Waals surface area contributed by atoms with E-state index in [1.165, 1.54) is 18.3 Å². The van der Waals surface area contributed by atoms with Crippen molar-refractivity contribution in [3.63, 3.8) is 0 Å². The predicted molar refractivity (Wildman–Crippen MR) is 93.4 cm³/mol. The molecular formula is C19H15FN4O. The van der Waals surface area contributed by atoms with Crippen molar-refractivity contribution in [3.05, 3.63) is 71.7 Å². The molecule has 0 atom stereocenters. The second-order valence-corrected chi connectivity index (χ2v) is 5.52. The summed E-state index contributed by atoms with van der Waals surface area (Å²) >= 11 is 0. The van der Waals surface area contributed by atoms with Gasteiger partial charge in [0.25, 0.3) is 5.91 Å². The minimum absolute atomic E-state index is 0.223. The first kappa shape index (κ1) is 16.4. The van der Waals surface area contributed by atoms with E-state index in [2.05, 4.69) is 10.5 Å². The molecule has 0 spiro atoms. The van der Waals surface area contributed by atoms with Gasteiger partial charge in [0.2, 0.25) is 0 Å². The molecule has 0 bridgehead atoms. The topological polar surface area (TPSA) is 70.2 Å². The normalized spacial score (nSPS) is 10.9. The molecule has 0 saturated carbocycles. The number of nitrogens with one attached hydrogen (secondary N) is 1. The van der Waals surface area contributed by atoms with Crippen LogP contribution in [0.2, 0.25) is 0 Å². The number of carbonyl (C=O) groups is 1. The summed E-state index contributed by atoms with van der Waals surface area (Å²) < 4.78 is 15.4. The molecule has 0 aliphatic carbocycles. The molecule has 1 amide bonds. The maximum Gasteiger partial charge on any atom is 0.254 e. The molecule has 0 aliphatic heterocycles. The second kappa shape index (κ2) is 7.41. The van der Waals surface area contributed by atoms with E-state index in [1.807, 2.05) is 41.1 Å². The van der Waals surface area contributed by atoms with Crippen molar-refractivity contribution in [1.29, 1.82) is 5.26 Å². The standard InChI is InChI=1S/C19H15FN4O/c20-17-3-1-2-15(11-17)13-24-9-7-16-10-14(4-5-18(16)24)12-22-23-19(25)6-8-21/h1-5,7,9-12H,6,13H2,(H,23,25)/b22-12+. The highest BCUT2D eigenvalue weighted by Gasteiger charge is 2.04. The van der Waals surface area contributed by atoms with Crippen molar-refractivity contribution in [2.75, 3.05) is 0 Å². The summed E-state index contributed by atoms with van der Waals surface area (Å²) in [6.45, 7) is 0.582. The Morgan fingerprint density at radius 1 is 1.28 bits per heavy atom. The van der Waals surface area contributed by atoms with Crippen molar-refractivity contribution in [1.82, 2.24) is 9.99 Å². The Morgan fingerprint density at radius 2 is 2.16 bits per heavy atom. The summed E-state index contributed by atoms with van der Waals surface area (Å²) in [7, 11) is 0. The van der Waals surface area contributed by atoms with Crippen LogP contribution in [0.3, 0.4) is 0 Å². The molecule has 3 rings (SSSR count). The molecule has 0 radical (unpaired) electrons. The lowest BCUT2D eigenvalue weighted by Crippen LogP contribution is -2.16. The van der Waals surface area contributed by atoms with Gasteiger partial charge in [0, 0.05) is 23.6 Å². The molecule has 1 aromatic heterocycles. The van der Waals surface area contributed by atoms with Crippen molar-refractivity contribution in [3.8, 4) is 6.07 Å². The van der Waals surface area contributed by atoms with E-state index in [-0.39, 0.29) is 12.2 Å². The van der Waals surface area contributed by atoms with E-state index in [0.29, 0.717) is 6.54 Å². The summed E-state index contributed by atoms with van der Waals surface area (Å²) in [4.78, 5) is 11.2. The second-order valence-electron chi connectivity index (χ2n) is 5.52. The van der Waals surface area contributed by atoms with Crippen LogP contribution in [0.4, 0.5) is 4.39 Å². The minimum Gasteiger partial charge on any atom is -0.343 e. The average molecular weight is 334 g/mol. The third-order valence-corrected chi connectivity index (χ3v) is 3.68. The molecule has 1 N–H and O–H groups in total. The average Bonchev–Trinajstić information content (AvgIpc) is 2.97. The van der Waals surface area contributed by atoms with Gasteiger partial charge < -0.3 is 4.57 Å². The number of hydrogen-bond donors (Lipinski definition) is 1. The zero-order valence-corrected chi connectivity index (χ0v) is 13.3. The van der Waals surface area contributed by atoms with Crippen LogP contribution in [-0.4, -0.2) is 16.7 Å². The van der Waals surface area contributed by atoms with Crippen molar-refractivity contribution < 1.29 is 9.18 Å². The Bertz CT molecular complexity index is 984. The van der Waals surface area contributed by atoms with Gasteiger partial charge in [0.15, 0.2) is 0 Å². The summed E-state index contributed by atoms with van der Waals surface area (Å²) in [5.74, 6) is -0.688. The molecule has 2 aromatic carbocycles. The van der Waals surface area contributed by atoms with E-state index < -0.39 is 5.91 Å². The third-order valence-electron chi connectivity index (χ3n) is 3.68. The van der Waals surface area contributed by atoms with Crippen LogP contribution in [0.1, 0.15) is 17.5 Å². The monoisotopic (exact) mass is 334 g/mol. The predicted octanol–water partition coefficient (Wildman–Crippen LogP) is 3.19. The van der Waals surface area contributed by atoms with Gasteiger partial charge in [0.1, 0.15) is 12.2 Å². The van der Waals surface area contributed by atoms with Gasteiger partial charge in [-0.05, 0) is 41.5 Å². The van der Waals surface area contributed by atoms with Gasteiger partial charge in [-0.15, -0.1) is 0 Å². The summed E-state index contributed by atoms with van der Waals surface area (Å²) in [6, 6.07) is 16.0. The number of aromatic nitrogens is 1. The Kier molecular flexibility index (Phi) is 4.86. The van der Waals surface area contributed by atoms with Crippen LogP contribution in [-0.2, 0) is 11.3 Å². The number of benzene rings is 2. The zero-order chi connectivity index (χ0) is 17.6. The maximum absolute atomic E-state index is 13.3. The van der Waals surface area contributed by atoms with Crippen LogP contribution in [0, 0.1) is 17.1 Å². The Hall–Kier alpha value is -3.46. The van der Waals surface area contributed by atoms with E-state index in [1.54, 1.807) is 12.1 Å². The Labute approximate surface area is 144 Å². The smallest absolute Gasteiger partial charge is 0.254 e. The van der Waals surface area contributed by atoms with Crippen molar-refractivity contribution in [2.45, 2.75) is 13.0 Å². The molecule has 0 fully saturated rings. The number of hydrazone groups is 1. The highest BCUT2D eigenvalue weighted by atomic mass is 19.1. The fraction of sp³-hybridized carbons (Fsp3) is 0.105. The molecule has 3 aromatic rings. The Balaban J connectivity index is 1.76. The van der Waals surface area contributed by atoms with Gasteiger partial charge in [-0.1, -0.05) is 18.2 Å². The fourth-order valence-electron chi connectivity index (χ4n) is 2.56. The molecule has 25 heavy (non-hydrogen) atoms. The lowest BCUT2D eigenvalue weighted by atomic mass is 10.1. The van der Waals surface area contributed by atoms with Crippen molar-refractivity contribution in [2.24, 2.45) is 5.10 Å². The van der Waals surface area contributed by atoms with Gasteiger partial charge in [0.05, 0.1) is 12.3 Å². The highest BCUT2D eigenvalue weighted by Crippen LogP contribution is 2.19. The lowest BCUT2D eigenvalue weighted by Gasteiger charge is -2.06. The molecule has 1 heterocycles. The molecule has 0 unspecified atom stereocenters. The number of nitrogens with zero attached hydrogens (tertiary/aromatic N) is 3. The van der Waals surface area contributed by atoms with Gasteiger partial charge in [-0.2, -0.15) is 10.4 Å². The first-order chi connectivity index (χ1) is 12.2.